The zero-order valence-electron chi connectivity index (χ0n) is 13.4. The number of amides is 1. The highest BCUT2D eigenvalue weighted by atomic mass is 32.1. The minimum absolute atomic E-state index is 0.0686. The highest BCUT2D eigenvalue weighted by molar-refractivity contribution is 7.09. The summed E-state index contributed by atoms with van der Waals surface area (Å²) < 4.78 is 5.77. The molecule has 0 radical (unpaired) electrons. The summed E-state index contributed by atoms with van der Waals surface area (Å²) in [7, 11) is 0. The monoisotopic (exact) mass is 337 g/mol. The van der Waals surface area contributed by atoms with Crippen LogP contribution in [-0.2, 0) is 11.3 Å². The zero-order valence-corrected chi connectivity index (χ0v) is 14.2. The van der Waals surface area contributed by atoms with Gasteiger partial charge in [-0.25, -0.2) is 0 Å². The van der Waals surface area contributed by atoms with Crippen LogP contribution in [0.25, 0.3) is 10.8 Å². The van der Waals surface area contributed by atoms with E-state index in [2.05, 4.69) is 23.6 Å². The van der Waals surface area contributed by atoms with Gasteiger partial charge in [0.25, 0.3) is 5.91 Å². The average molecular weight is 337 g/mol. The van der Waals surface area contributed by atoms with Crippen molar-refractivity contribution in [3.8, 4) is 5.75 Å². The summed E-state index contributed by atoms with van der Waals surface area (Å²) in [6, 6.07) is 18.6. The van der Waals surface area contributed by atoms with E-state index in [4.69, 9.17) is 4.74 Å². The highest BCUT2D eigenvalue weighted by Gasteiger charge is 2.32. The van der Waals surface area contributed by atoms with E-state index in [9.17, 15) is 4.79 Å². The van der Waals surface area contributed by atoms with E-state index in [1.165, 1.54) is 10.3 Å². The molecule has 1 saturated carbocycles. The van der Waals surface area contributed by atoms with Gasteiger partial charge in [-0.3, -0.25) is 4.79 Å². The highest BCUT2D eigenvalue weighted by Crippen LogP contribution is 2.29. The fraction of sp³-hybridized carbons (Fsp3) is 0.250. The quantitative estimate of drug-likeness (QED) is 0.664. The molecule has 1 amide bonds. The lowest BCUT2D eigenvalue weighted by Gasteiger charge is -2.22. The second kappa shape index (κ2) is 6.65. The van der Waals surface area contributed by atoms with Gasteiger partial charge in [-0.15, -0.1) is 11.3 Å². The summed E-state index contributed by atoms with van der Waals surface area (Å²) in [6.07, 6.45) is 2.21. The van der Waals surface area contributed by atoms with Gasteiger partial charge in [-0.2, -0.15) is 0 Å². The van der Waals surface area contributed by atoms with Gasteiger partial charge in [0.05, 0.1) is 6.54 Å². The van der Waals surface area contributed by atoms with Crippen LogP contribution >= 0.6 is 11.3 Å². The molecule has 0 aliphatic heterocycles. The molecule has 3 aromatic rings. The van der Waals surface area contributed by atoms with Crippen LogP contribution in [0.3, 0.4) is 0 Å². The number of hydrogen-bond acceptors (Lipinski definition) is 3. The number of nitrogens with zero attached hydrogens (tertiary/aromatic N) is 1. The fourth-order valence-electron chi connectivity index (χ4n) is 2.86. The molecular formula is C20H19NO2S. The van der Waals surface area contributed by atoms with Crippen LogP contribution in [0, 0.1) is 0 Å². The van der Waals surface area contributed by atoms with Crippen LogP contribution in [-0.4, -0.2) is 23.5 Å². The normalized spacial score (nSPS) is 13.8. The number of thiophene rings is 1. The molecule has 0 N–H and O–H groups in total. The van der Waals surface area contributed by atoms with Crippen molar-refractivity contribution in [1.29, 1.82) is 0 Å². The minimum Gasteiger partial charge on any atom is -0.484 e. The predicted molar refractivity (Wildman–Crippen MR) is 97.3 cm³/mol. The minimum atomic E-state index is 0.0686. The second-order valence-electron chi connectivity index (χ2n) is 6.13. The molecule has 0 unspecified atom stereocenters. The maximum atomic E-state index is 12.6. The van der Waals surface area contributed by atoms with Crippen molar-refractivity contribution in [2.45, 2.75) is 25.4 Å². The van der Waals surface area contributed by atoms with Crippen LogP contribution in [0.2, 0.25) is 0 Å². The molecule has 0 spiro atoms. The van der Waals surface area contributed by atoms with Crippen LogP contribution in [0.1, 0.15) is 17.7 Å². The van der Waals surface area contributed by atoms with Crippen molar-refractivity contribution in [1.82, 2.24) is 4.90 Å². The molecule has 1 heterocycles. The lowest BCUT2D eigenvalue weighted by molar-refractivity contribution is -0.134. The Bertz CT molecular complexity index is 840. The Morgan fingerprint density at radius 2 is 1.92 bits per heavy atom. The number of benzene rings is 2. The van der Waals surface area contributed by atoms with Crippen molar-refractivity contribution in [2.24, 2.45) is 0 Å². The molecule has 2 aromatic carbocycles. The van der Waals surface area contributed by atoms with E-state index in [-0.39, 0.29) is 12.5 Å². The van der Waals surface area contributed by atoms with Gasteiger partial charge in [0.1, 0.15) is 5.75 Å². The third kappa shape index (κ3) is 3.44. The largest absolute Gasteiger partial charge is 0.484 e. The Morgan fingerprint density at radius 3 is 2.67 bits per heavy atom. The molecule has 4 rings (SSSR count). The Hall–Kier alpha value is -2.33. The van der Waals surface area contributed by atoms with Gasteiger partial charge in [0.15, 0.2) is 6.61 Å². The van der Waals surface area contributed by atoms with Gasteiger partial charge in [-0.1, -0.05) is 36.4 Å². The standard InChI is InChI=1S/C20H19NO2S/c22-20(21(17-8-9-17)13-19-6-3-11-24-19)14-23-18-10-7-15-4-1-2-5-16(15)12-18/h1-7,10-12,17H,8-9,13-14H2. The van der Waals surface area contributed by atoms with Gasteiger partial charge < -0.3 is 9.64 Å². The zero-order chi connectivity index (χ0) is 16.4. The fourth-order valence-corrected chi connectivity index (χ4v) is 3.57. The Labute approximate surface area is 145 Å². The number of rotatable bonds is 6. The van der Waals surface area contributed by atoms with Gasteiger partial charge in [0, 0.05) is 10.9 Å². The third-order valence-electron chi connectivity index (χ3n) is 4.30. The molecule has 0 bridgehead atoms. The van der Waals surface area contributed by atoms with Crippen molar-refractivity contribution in [3.05, 3.63) is 64.9 Å². The lowest BCUT2D eigenvalue weighted by Crippen LogP contribution is -2.36. The number of hydrogen-bond donors (Lipinski definition) is 0. The molecule has 4 heteroatoms. The summed E-state index contributed by atoms with van der Waals surface area (Å²) in [5, 5.41) is 4.35. The lowest BCUT2D eigenvalue weighted by atomic mass is 10.1. The van der Waals surface area contributed by atoms with E-state index in [0.717, 1.165) is 24.0 Å². The maximum absolute atomic E-state index is 12.6. The van der Waals surface area contributed by atoms with Crippen LogP contribution in [0.15, 0.2) is 60.0 Å². The summed E-state index contributed by atoms with van der Waals surface area (Å²) in [5.41, 5.74) is 0. The first-order chi connectivity index (χ1) is 11.8. The van der Waals surface area contributed by atoms with Gasteiger partial charge in [0.2, 0.25) is 0 Å². The number of fused-ring (bicyclic) bond motifs is 1. The predicted octanol–water partition coefficient (Wildman–Crippen LogP) is 4.47. The molecule has 1 aliphatic carbocycles. The van der Waals surface area contributed by atoms with Crippen molar-refractivity contribution < 1.29 is 9.53 Å². The second-order valence-corrected chi connectivity index (χ2v) is 7.16. The molecule has 1 aliphatic rings. The van der Waals surface area contributed by atoms with E-state index in [0.29, 0.717) is 12.6 Å². The summed E-state index contributed by atoms with van der Waals surface area (Å²) in [4.78, 5) is 15.8. The summed E-state index contributed by atoms with van der Waals surface area (Å²) in [5.74, 6) is 0.813. The summed E-state index contributed by atoms with van der Waals surface area (Å²) >= 11 is 1.70. The summed E-state index contributed by atoms with van der Waals surface area (Å²) in [6.45, 7) is 0.794. The third-order valence-corrected chi connectivity index (χ3v) is 5.16. The van der Waals surface area contributed by atoms with Crippen LogP contribution < -0.4 is 4.74 Å². The van der Waals surface area contributed by atoms with E-state index < -0.39 is 0 Å². The number of carbonyl (C=O) groups excluding carboxylic acids is 1. The van der Waals surface area contributed by atoms with Gasteiger partial charge >= 0.3 is 0 Å². The smallest absolute Gasteiger partial charge is 0.261 e. The van der Waals surface area contributed by atoms with E-state index >= 15 is 0 Å². The molecule has 24 heavy (non-hydrogen) atoms. The number of ether oxygens (including phenoxy) is 1. The Balaban J connectivity index is 1.42. The maximum Gasteiger partial charge on any atom is 0.261 e. The van der Waals surface area contributed by atoms with Crippen LogP contribution in [0.4, 0.5) is 0 Å². The topological polar surface area (TPSA) is 29.5 Å². The molecule has 1 fully saturated rings. The molecule has 3 nitrogen and oxygen atoms in total. The van der Waals surface area contributed by atoms with Crippen LogP contribution in [0.5, 0.6) is 5.75 Å². The van der Waals surface area contributed by atoms with Gasteiger partial charge in [-0.05, 0) is 47.2 Å². The molecule has 0 atom stereocenters. The van der Waals surface area contributed by atoms with Crippen molar-refractivity contribution in [3.63, 3.8) is 0 Å². The Kier molecular flexibility index (Phi) is 4.22. The first kappa shape index (κ1) is 15.2. The van der Waals surface area contributed by atoms with E-state index in [1.54, 1.807) is 11.3 Å². The SMILES string of the molecule is O=C(COc1ccc2ccccc2c1)N(Cc1cccs1)C1CC1. The van der Waals surface area contributed by atoms with Crippen molar-refractivity contribution in [2.75, 3.05) is 6.61 Å². The molecule has 0 saturated heterocycles. The molecular weight excluding hydrogens is 318 g/mol. The Morgan fingerprint density at radius 1 is 1.08 bits per heavy atom. The first-order valence-electron chi connectivity index (χ1n) is 8.23. The first-order valence-corrected chi connectivity index (χ1v) is 9.11. The average Bonchev–Trinajstić information content (AvgIpc) is 3.33. The molecule has 1 aromatic heterocycles. The van der Waals surface area contributed by atoms with Crippen molar-refractivity contribution >= 4 is 28.0 Å². The van der Waals surface area contributed by atoms with E-state index in [1.807, 2.05) is 41.3 Å². The number of carbonyl (C=O) groups is 1. The molecule has 122 valence electrons.